The molecular formula is C14H20N2OS. The SMILES string of the molecule is CC(C)N1CCN(C(=O)c2cccc(S)c2)CC1. The fourth-order valence-electron chi connectivity index (χ4n) is 2.26. The normalized spacial score (nSPS) is 17.2. The summed E-state index contributed by atoms with van der Waals surface area (Å²) in [4.78, 5) is 17.5. The van der Waals surface area contributed by atoms with Gasteiger partial charge in [-0.2, -0.15) is 0 Å². The zero-order chi connectivity index (χ0) is 13.1. The van der Waals surface area contributed by atoms with Crippen molar-refractivity contribution >= 4 is 18.5 Å². The molecule has 1 aromatic rings. The maximum absolute atomic E-state index is 12.3. The van der Waals surface area contributed by atoms with Crippen LogP contribution in [0.3, 0.4) is 0 Å². The van der Waals surface area contributed by atoms with E-state index >= 15 is 0 Å². The summed E-state index contributed by atoms with van der Waals surface area (Å²) in [5.41, 5.74) is 0.737. The Balaban J connectivity index is 1.99. The summed E-state index contributed by atoms with van der Waals surface area (Å²) in [5.74, 6) is 0.120. The van der Waals surface area contributed by atoms with Gasteiger partial charge in [0.1, 0.15) is 0 Å². The first-order valence-electron chi connectivity index (χ1n) is 6.40. The summed E-state index contributed by atoms with van der Waals surface area (Å²) < 4.78 is 0. The van der Waals surface area contributed by atoms with Gasteiger partial charge in [-0.25, -0.2) is 0 Å². The molecule has 98 valence electrons. The first kappa shape index (κ1) is 13.4. The maximum atomic E-state index is 12.3. The molecule has 0 saturated carbocycles. The Kier molecular flexibility index (Phi) is 4.30. The van der Waals surface area contributed by atoms with E-state index < -0.39 is 0 Å². The molecule has 3 nitrogen and oxygen atoms in total. The molecule has 1 saturated heterocycles. The lowest BCUT2D eigenvalue weighted by Gasteiger charge is -2.37. The average Bonchev–Trinajstić information content (AvgIpc) is 2.38. The zero-order valence-corrected chi connectivity index (χ0v) is 11.9. The molecule has 0 atom stereocenters. The smallest absolute Gasteiger partial charge is 0.253 e. The highest BCUT2D eigenvalue weighted by molar-refractivity contribution is 7.80. The van der Waals surface area contributed by atoms with Crippen molar-refractivity contribution in [3.8, 4) is 0 Å². The Hall–Kier alpha value is -1.00. The number of carbonyl (C=O) groups excluding carboxylic acids is 1. The minimum Gasteiger partial charge on any atom is -0.336 e. The number of carbonyl (C=O) groups is 1. The largest absolute Gasteiger partial charge is 0.336 e. The van der Waals surface area contributed by atoms with Gasteiger partial charge < -0.3 is 4.90 Å². The van der Waals surface area contributed by atoms with Gasteiger partial charge in [0, 0.05) is 42.7 Å². The Morgan fingerprint density at radius 2 is 1.89 bits per heavy atom. The van der Waals surface area contributed by atoms with Gasteiger partial charge in [0.2, 0.25) is 0 Å². The number of hydrogen-bond acceptors (Lipinski definition) is 3. The van der Waals surface area contributed by atoms with Gasteiger partial charge in [0.15, 0.2) is 0 Å². The molecule has 1 aromatic carbocycles. The highest BCUT2D eigenvalue weighted by Gasteiger charge is 2.23. The quantitative estimate of drug-likeness (QED) is 0.827. The molecule has 1 fully saturated rings. The molecule has 1 heterocycles. The Morgan fingerprint density at radius 1 is 1.22 bits per heavy atom. The van der Waals surface area contributed by atoms with Crippen LogP contribution in [0.5, 0.6) is 0 Å². The molecule has 2 rings (SSSR count). The molecule has 1 amide bonds. The fourth-order valence-corrected chi connectivity index (χ4v) is 2.49. The molecule has 0 radical (unpaired) electrons. The molecule has 0 bridgehead atoms. The fraction of sp³-hybridized carbons (Fsp3) is 0.500. The summed E-state index contributed by atoms with van der Waals surface area (Å²) in [5, 5.41) is 0. The Morgan fingerprint density at radius 3 is 2.44 bits per heavy atom. The van der Waals surface area contributed by atoms with Crippen LogP contribution in [0.25, 0.3) is 0 Å². The first-order chi connectivity index (χ1) is 8.58. The number of amides is 1. The molecule has 0 aliphatic carbocycles. The van der Waals surface area contributed by atoms with Crippen molar-refractivity contribution in [1.29, 1.82) is 0 Å². The van der Waals surface area contributed by atoms with Crippen LogP contribution in [0.15, 0.2) is 29.2 Å². The lowest BCUT2D eigenvalue weighted by molar-refractivity contribution is 0.0595. The van der Waals surface area contributed by atoms with E-state index in [1.807, 2.05) is 29.2 Å². The molecule has 0 aromatic heterocycles. The topological polar surface area (TPSA) is 23.6 Å². The van der Waals surface area contributed by atoms with E-state index in [0.717, 1.165) is 36.6 Å². The Labute approximate surface area is 114 Å². The second-order valence-electron chi connectivity index (χ2n) is 4.97. The van der Waals surface area contributed by atoms with Gasteiger partial charge in [-0.05, 0) is 32.0 Å². The molecular weight excluding hydrogens is 244 g/mol. The van der Waals surface area contributed by atoms with Crippen LogP contribution >= 0.6 is 12.6 Å². The van der Waals surface area contributed by atoms with Gasteiger partial charge in [-0.3, -0.25) is 9.69 Å². The van der Waals surface area contributed by atoms with Gasteiger partial charge in [-0.15, -0.1) is 12.6 Å². The third kappa shape index (κ3) is 3.06. The summed E-state index contributed by atoms with van der Waals surface area (Å²) in [6, 6.07) is 8.01. The van der Waals surface area contributed by atoms with E-state index in [4.69, 9.17) is 0 Å². The van der Waals surface area contributed by atoms with E-state index in [-0.39, 0.29) is 5.91 Å². The molecule has 4 heteroatoms. The molecule has 18 heavy (non-hydrogen) atoms. The predicted molar refractivity (Wildman–Crippen MR) is 76.3 cm³/mol. The molecule has 1 aliphatic heterocycles. The van der Waals surface area contributed by atoms with Gasteiger partial charge in [-0.1, -0.05) is 6.07 Å². The van der Waals surface area contributed by atoms with Crippen LogP contribution in [0.1, 0.15) is 24.2 Å². The van der Waals surface area contributed by atoms with Gasteiger partial charge >= 0.3 is 0 Å². The van der Waals surface area contributed by atoms with Crippen molar-refractivity contribution in [2.24, 2.45) is 0 Å². The number of hydrogen-bond donors (Lipinski definition) is 1. The van der Waals surface area contributed by atoms with E-state index in [0.29, 0.717) is 6.04 Å². The number of piperazine rings is 1. The van der Waals surface area contributed by atoms with E-state index in [2.05, 4.69) is 31.4 Å². The van der Waals surface area contributed by atoms with Crippen molar-refractivity contribution < 1.29 is 4.79 Å². The molecule has 1 aliphatic rings. The number of benzene rings is 1. The average molecular weight is 264 g/mol. The van der Waals surface area contributed by atoms with Crippen molar-refractivity contribution in [2.45, 2.75) is 24.8 Å². The summed E-state index contributed by atoms with van der Waals surface area (Å²) in [6.45, 7) is 7.94. The van der Waals surface area contributed by atoms with Crippen LogP contribution < -0.4 is 0 Å². The van der Waals surface area contributed by atoms with E-state index in [9.17, 15) is 4.79 Å². The molecule has 0 unspecified atom stereocenters. The van der Waals surface area contributed by atoms with Gasteiger partial charge in [0.25, 0.3) is 5.91 Å². The van der Waals surface area contributed by atoms with Crippen LogP contribution in [0.2, 0.25) is 0 Å². The van der Waals surface area contributed by atoms with Crippen LogP contribution in [0, 0.1) is 0 Å². The predicted octanol–water partition coefficient (Wildman–Crippen LogP) is 2.14. The van der Waals surface area contributed by atoms with E-state index in [1.54, 1.807) is 0 Å². The highest BCUT2D eigenvalue weighted by atomic mass is 32.1. The third-order valence-corrected chi connectivity index (χ3v) is 3.70. The lowest BCUT2D eigenvalue weighted by Crippen LogP contribution is -2.50. The van der Waals surface area contributed by atoms with Crippen molar-refractivity contribution in [3.05, 3.63) is 29.8 Å². The Bertz CT molecular complexity index is 426. The second-order valence-corrected chi connectivity index (χ2v) is 5.49. The highest BCUT2D eigenvalue weighted by Crippen LogP contribution is 2.13. The van der Waals surface area contributed by atoms with Crippen molar-refractivity contribution in [3.63, 3.8) is 0 Å². The zero-order valence-electron chi connectivity index (χ0n) is 11.0. The summed E-state index contributed by atoms with van der Waals surface area (Å²) >= 11 is 4.27. The molecule has 0 N–H and O–H groups in total. The summed E-state index contributed by atoms with van der Waals surface area (Å²) in [6.07, 6.45) is 0. The lowest BCUT2D eigenvalue weighted by atomic mass is 10.1. The van der Waals surface area contributed by atoms with Gasteiger partial charge in [0.05, 0.1) is 0 Å². The third-order valence-electron chi connectivity index (χ3n) is 3.42. The number of rotatable bonds is 2. The minimum atomic E-state index is 0.120. The number of thiol groups is 1. The van der Waals surface area contributed by atoms with Crippen LogP contribution in [0.4, 0.5) is 0 Å². The van der Waals surface area contributed by atoms with Crippen molar-refractivity contribution in [2.75, 3.05) is 26.2 Å². The monoisotopic (exact) mass is 264 g/mol. The number of nitrogens with zero attached hydrogens (tertiary/aromatic N) is 2. The van der Waals surface area contributed by atoms with Crippen molar-refractivity contribution in [1.82, 2.24) is 9.80 Å². The van der Waals surface area contributed by atoms with Crippen LogP contribution in [-0.4, -0.2) is 47.9 Å². The maximum Gasteiger partial charge on any atom is 0.253 e. The standard InChI is InChI=1S/C14H20N2OS/c1-11(2)15-6-8-16(9-7-15)14(17)12-4-3-5-13(18)10-12/h3-5,10-11,18H,6-9H2,1-2H3. The summed E-state index contributed by atoms with van der Waals surface area (Å²) in [7, 11) is 0. The molecule has 0 spiro atoms. The van der Waals surface area contributed by atoms with Crippen LogP contribution in [-0.2, 0) is 0 Å². The minimum absolute atomic E-state index is 0.120. The first-order valence-corrected chi connectivity index (χ1v) is 6.85. The van der Waals surface area contributed by atoms with E-state index in [1.165, 1.54) is 0 Å². The second kappa shape index (κ2) is 5.76.